The maximum Gasteiger partial charge on any atom is 0.243 e. The van der Waals surface area contributed by atoms with E-state index < -0.39 is 10.0 Å². The minimum absolute atomic E-state index is 0.0170. The van der Waals surface area contributed by atoms with Crippen molar-refractivity contribution in [1.29, 1.82) is 0 Å². The van der Waals surface area contributed by atoms with Crippen molar-refractivity contribution >= 4 is 27.4 Å². The summed E-state index contributed by atoms with van der Waals surface area (Å²) in [7, 11) is -3.57. The molecule has 0 unspecified atom stereocenters. The minimum atomic E-state index is -3.57. The Morgan fingerprint density at radius 1 is 1.07 bits per heavy atom. The van der Waals surface area contributed by atoms with Gasteiger partial charge in [-0.15, -0.1) is 0 Å². The first kappa shape index (κ1) is 18.8. The highest BCUT2D eigenvalue weighted by Gasteiger charge is 2.30. The molecule has 1 aromatic heterocycles. The number of sulfonamides is 1. The van der Waals surface area contributed by atoms with Gasteiger partial charge in [0.15, 0.2) is 0 Å². The lowest BCUT2D eigenvalue weighted by molar-refractivity contribution is -0.116. The van der Waals surface area contributed by atoms with E-state index in [9.17, 15) is 13.2 Å². The standard InChI is InChI=1S/C19H23N5O3S/c1-15(25)24-8-2-3-16-13-17(4-5-18(16)24)28(26,27)23-11-9-22(10-12-23)19-14-20-6-7-21-19/h4-7,13-14H,2-3,8-12H2,1H3. The Morgan fingerprint density at radius 3 is 2.54 bits per heavy atom. The maximum absolute atomic E-state index is 13.1. The molecule has 0 atom stereocenters. The minimum Gasteiger partial charge on any atom is -0.353 e. The van der Waals surface area contributed by atoms with E-state index in [1.807, 2.05) is 4.90 Å². The van der Waals surface area contributed by atoms with E-state index in [2.05, 4.69) is 9.97 Å². The number of nitrogens with zero attached hydrogens (tertiary/aromatic N) is 5. The van der Waals surface area contributed by atoms with Gasteiger partial charge in [-0.25, -0.2) is 13.4 Å². The van der Waals surface area contributed by atoms with Crippen LogP contribution in [0.4, 0.5) is 11.5 Å². The van der Waals surface area contributed by atoms with Gasteiger partial charge in [0.2, 0.25) is 15.9 Å². The Kier molecular flexibility index (Phi) is 5.03. The third-order valence-corrected chi connectivity index (χ3v) is 7.19. The molecule has 4 rings (SSSR count). The topological polar surface area (TPSA) is 86.7 Å². The molecule has 2 aromatic rings. The first-order valence-electron chi connectivity index (χ1n) is 9.39. The Labute approximate surface area is 164 Å². The lowest BCUT2D eigenvalue weighted by atomic mass is 10.0. The Morgan fingerprint density at radius 2 is 1.86 bits per heavy atom. The molecule has 2 aliphatic heterocycles. The molecule has 1 aromatic carbocycles. The summed E-state index contributed by atoms with van der Waals surface area (Å²) in [6.07, 6.45) is 6.56. The van der Waals surface area contributed by atoms with Crippen molar-refractivity contribution in [3.05, 3.63) is 42.4 Å². The van der Waals surface area contributed by atoms with Gasteiger partial charge >= 0.3 is 0 Å². The average molecular weight is 401 g/mol. The molecule has 1 fully saturated rings. The number of carbonyl (C=O) groups excluding carboxylic acids is 1. The van der Waals surface area contributed by atoms with E-state index in [1.54, 1.807) is 41.7 Å². The molecule has 0 N–H and O–H groups in total. The van der Waals surface area contributed by atoms with Crippen LogP contribution < -0.4 is 9.80 Å². The number of piperazine rings is 1. The van der Waals surface area contributed by atoms with Crippen LogP contribution in [0.1, 0.15) is 18.9 Å². The van der Waals surface area contributed by atoms with Gasteiger partial charge in [-0.05, 0) is 36.6 Å². The van der Waals surface area contributed by atoms with Crippen LogP contribution in [0.5, 0.6) is 0 Å². The highest BCUT2D eigenvalue weighted by molar-refractivity contribution is 7.89. The van der Waals surface area contributed by atoms with Crippen molar-refractivity contribution < 1.29 is 13.2 Å². The second-order valence-corrected chi connectivity index (χ2v) is 8.96. The number of hydrogen-bond donors (Lipinski definition) is 0. The van der Waals surface area contributed by atoms with Crippen molar-refractivity contribution in [3.63, 3.8) is 0 Å². The normalized spacial score (nSPS) is 18.0. The summed E-state index contributed by atoms with van der Waals surface area (Å²) in [5, 5.41) is 0. The highest BCUT2D eigenvalue weighted by atomic mass is 32.2. The molecule has 148 valence electrons. The van der Waals surface area contributed by atoms with E-state index in [0.29, 0.717) is 37.6 Å². The van der Waals surface area contributed by atoms with Crippen molar-refractivity contribution in [1.82, 2.24) is 14.3 Å². The van der Waals surface area contributed by atoms with Gasteiger partial charge in [0.25, 0.3) is 0 Å². The Bertz CT molecular complexity index is 972. The molecule has 1 saturated heterocycles. The van der Waals surface area contributed by atoms with E-state index in [-0.39, 0.29) is 5.91 Å². The molecule has 28 heavy (non-hydrogen) atoms. The summed E-state index contributed by atoms with van der Waals surface area (Å²) in [4.78, 5) is 24.2. The van der Waals surface area contributed by atoms with Gasteiger partial charge in [-0.2, -0.15) is 4.31 Å². The molecule has 0 radical (unpaired) electrons. The number of anilines is 2. The fraction of sp³-hybridized carbons (Fsp3) is 0.421. The van der Waals surface area contributed by atoms with Gasteiger partial charge < -0.3 is 9.80 Å². The van der Waals surface area contributed by atoms with E-state index in [1.165, 1.54) is 11.2 Å². The van der Waals surface area contributed by atoms with Gasteiger partial charge in [-0.1, -0.05) is 0 Å². The lowest BCUT2D eigenvalue weighted by Crippen LogP contribution is -2.49. The lowest BCUT2D eigenvalue weighted by Gasteiger charge is -2.35. The van der Waals surface area contributed by atoms with Gasteiger partial charge in [-0.3, -0.25) is 9.78 Å². The predicted molar refractivity (Wildman–Crippen MR) is 106 cm³/mol. The molecule has 3 heterocycles. The van der Waals surface area contributed by atoms with E-state index in [0.717, 1.165) is 29.9 Å². The van der Waals surface area contributed by atoms with Crippen molar-refractivity contribution in [2.24, 2.45) is 0 Å². The summed E-state index contributed by atoms with van der Waals surface area (Å²) in [6, 6.07) is 5.11. The monoisotopic (exact) mass is 401 g/mol. The summed E-state index contributed by atoms with van der Waals surface area (Å²) < 4.78 is 27.8. The van der Waals surface area contributed by atoms with Crippen LogP contribution in [-0.2, 0) is 21.2 Å². The molecule has 8 nitrogen and oxygen atoms in total. The van der Waals surface area contributed by atoms with Crippen molar-refractivity contribution in [3.8, 4) is 0 Å². The van der Waals surface area contributed by atoms with E-state index >= 15 is 0 Å². The quantitative estimate of drug-likeness (QED) is 0.770. The zero-order valence-corrected chi connectivity index (χ0v) is 16.6. The number of amides is 1. The number of rotatable bonds is 3. The molecule has 1 amide bonds. The summed E-state index contributed by atoms with van der Waals surface area (Å²) in [6.45, 7) is 4.15. The Hall–Kier alpha value is -2.52. The zero-order valence-electron chi connectivity index (χ0n) is 15.8. The highest BCUT2D eigenvalue weighted by Crippen LogP contribution is 2.30. The first-order valence-corrected chi connectivity index (χ1v) is 10.8. The summed E-state index contributed by atoms with van der Waals surface area (Å²) in [5.41, 5.74) is 1.74. The molecule has 2 aliphatic rings. The Balaban J connectivity index is 1.52. The molecule has 0 aliphatic carbocycles. The fourth-order valence-corrected chi connectivity index (χ4v) is 5.30. The number of carbonyl (C=O) groups is 1. The third-order valence-electron chi connectivity index (χ3n) is 5.30. The summed E-state index contributed by atoms with van der Waals surface area (Å²) >= 11 is 0. The molecular formula is C19H23N5O3S. The van der Waals surface area contributed by atoms with Gasteiger partial charge in [0.1, 0.15) is 5.82 Å². The third kappa shape index (κ3) is 3.47. The van der Waals surface area contributed by atoms with Crippen LogP contribution in [0.3, 0.4) is 0 Å². The molecular weight excluding hydrogens is 378 g/mol. The van der Waals surface area contributed by atoms with Crippen molar-refractivity contribution in [2.45, 2.75) is 24.7 Å². The second-order valence-electron chi connectivity index (χ2n) is 7.02. The van der Waals surface area contributed by atoms with Crippen LogP contribution in [0.2, 0.25) is 0 Å². The molecule has 9 heteroatoms. The number of aryl methyl sites for hydroxylation is 1. The van der Waals surface area contributed by atoms with Crippen molar-refractivity contribution in [2.75, 3.05) is 42.5 Å². The smallest absolute Gasteiger partial charge is 0.243 e. The SMILES string of the molecule is CC(=O)N1CCCc2cc(S(=O)(=O)N3CCN(c4cnccn4)CC3)ccc21. The van der Waals surface area contributed by atoms with Gasteiger partial charge in [0, 0.05) is 57.7 Å². The maximum atomic E-state index is 13.1. The number of aromatic nitrogens is 2. The summed E-state index contributed by atoms with van der Waals surface area (Å²) in [5.74, 6) is 0.745. The van der Waals surface area contributed by atoms with Crippen LogP contribution in [-0.4, -0.2) is 61.3 Å². The number of hydrogen-bond acceptors (Lipinski definition) is 6. The largest absolute Gasteiger partial charge is 0.353 e. The fourth-order valence-electron chi connectivity index (χ4n) is 3.82. The predicted octanol–water partition coefficient (Wildman–Crippen LogP) is 1.29. The van der Waals surface area contributed by atoms with E-state index in [4.69, 9.17) is 0 Å². The number of fused-ring (bicyclic) bond motifs is 1. The average Bonchev–Trinajstić information content (AvgIpc) is 2.73. The van der Waals surface area contributed by atoms with Crippen LogP contribution in [0.15, 0.2) is 41.7 Å². The molecule has 0 spiro atoms. The van der Waals surface area contributed by atoms with Crippen LogP contribution >= 0.6 is 0 Å². The second kappa shape index (κ2) is 7.48. The number of benzene rings is 1. The first-order chi connectivity index (χ1) is 13.5. The molecule has 0 saturated carbocycles. The van der Waals surface area contributed by atoms with Crippen LogP contribution in [0.25, 0.3) is 0 Å². The zero-order chi connectivity index (χ0) is 19.7. The van der Waals surface area contributed by atoms with Crippen LogP contribution in [0, 0.1) is 0 Å². The molecule has 0 bridgehead atoms. The van der Waals surface area contributed by atoms with Gasteiger partial charge in [0.05, 0.1) is 11.1 Å².